The van der Waals surface area contributed by atoms with E-state index in [4.69, 9.17) is 19.9 Å². The molecule has 1 aliphatic rings. The van der Waals surface area contributed by atoms with Crippen LogP contribution in [0.2, 0.25) is 0 Å². The Labute approximate surface area is 167 Å². The molecule has 1 amide bonds. The van der Waals surface area contributed by atoms with Gasteiger partial charge in [-0.05, 0) is 17.7 Å². The molecule has 7 nitrogen and oxygen atoms in total. The monoisotopic (exact) mass is 409 g/mol. The number of amides is 1. The predicted octanol–water partition coefficient (Wildman–Crippen LogP) is 1.39. The Morgan fingerprint density at radius 2 is 1.88 bits per heavy atom. The first kappa shape index (κ1) is 24.8. The number of methoxy groups -OCH3 is 2. The number of halogens is 2. The Kier molecular flexibility index (Phi) is 12.4. The Morgan fingerprint density at radius 3 is 2.46 bits per heavy atom. The number of carbonyl (C=O) groups excluding carboxylic acids is 1. The Bertz CT molecular complexity index is 543. The molecule has 150 valence electrons. The lowest BCUT2D eigenvalue weighted by molar-refractivity contribution is -0.121. The summed E-state index contributed by atoms with van der Waals surface area (Å²) in [5, 5.41) is 2.97. The summed E-state index contributed by atoms with van der Waals surface area (Å²) in [6.07, 6.45) is 0.335. The van der Waals surface area contributed by atoms with Crippen LogP contribution in [0, 0.1) is 0 Å². The van der Waals surface area contributed by atoms with E-state index in [9.17, 15) is 4.79 Å². The van der Waals surface area contributed by atoms with E-state index in [0.29, 0.717) is 44.2 Å². The number of nitrogens with two attached hydrogens (primary N) is 1. The zero-order valence-electron chi connectivity index (χ0n) is 15.2. The van der Waals surface area contributed by atoms with Crippen LogP contribution in [-0.2, 0) is 9.53 Å². The molecule has 1 heterocycles. The van der Waals surface area contributed by atoms with Gasteiger partial charge in [0.25, 0.3) is 0 Å². The van der Waals surface area contributed by atoms with E-state index in [2.05, 4.69) is 10.2 Å². The first-order chi connectivity index (χ1) is 11.7. The molecule has 1 atom stereocenters. The van der Waals surface area contributed by atoms with Gasteiger partial charge in [-0.15, -0.1) is 24.8 Å². The molecule has 0 spiro atoms. The molecule has 1 unspecified atom stereocenters. The largest absolute Gasteiger partial charge is 0.493 e. The third-order valence-electron chi connectivity index (χ3n) is 4.14. The van der Waals surface area contributed by atoms with Gasteiger partial charge < -0.3 is 25.3 Å². The molecule has 1 fully saturated rings. The highest BCUT2D eigenvalue weighted by molar-refractivity contribution is 5.85. The fourth-order valence-electron chi connectivity index (χ4n) is 2.84. The molecule has 1 saturated heterocycles. The summed E-state index contributed by atoms with van der Waals surface area (Å²) in [5.41, 5.74) is 6.51. The fraction of sp³-hybridized carbons (Fsp3) is 0.588. The molecule has 0 saturated carbocycles. The Hall–Kier alpha value is -1.25. The van der Waals surface area contributed by atoms with Gasteiger partial charge in [-0.1, -0.05) is 6.07 Å². The zero-order chi connectivity index (χ0) is 17.4. The number of carbonyl (C=O) groups is 1. The third kappa shape index (κ3) is 6.81. The fourth-order valence-corrected chi connectivity index (χ4v) is 2.84. The van der Waals surface area contributed by atoms with Crippen molar-refractivity contribution < 1.29 is 19.0 Å². The van der Waals surface area contributed by atoms with Crippen molar-refractivity contribution in [3.8, 4) is 11.5 Å². The number of nitrogens with one attached hydrogen (secondary N) is 1. The van der Waals surface area contributed by atoms with Crippen LogP contribution in [0.15, 0.2) is 18.2 Å². The molecule has 0 aliphatic carbocycles. The topological polar surface area (TPSA) is 86.0 Å². The van der Waals surface area contributed by atoms with Gasteiger partial charge in [-0.25, -0.2) is 0 Å². The van der Waals surface area contributed by atoms with E-state index in [0.717, 1.165) is 18.7 Å². The van der Waals surface area contributed by atoms with Gasteiger partial charge in [-0.2, -0.15) is 0 Å². The van der Waals surface area contributed by atoms with E-state index in [1.807, 2.05) is 18.2 Å². The quantitative estimate of drug-likeness (QED) is 0.674. The average molecular weight is 410 g/mol. The number of hydrogen-bond acceptors (Lipinski definition) is 6. The molecule has 1 aromatic rings. The number of ether oxygens (including phenoxy) is 3. The van der Waals surface area contributed by atoms with Crippen LogP contribution >= 0.6 is 24.8 Å². The van der Waals surface area contributed by atoms with Crippen molar-refractivity contribution in [3.05, 3.63) is 23.8 Å². The Balaban J connectivity index is 0.00000312. The van der Waals surface area contributed by atoms with Gasteiger partial charge in [0.2, 0.25) is 5.91 Å². The predicted molar refractivity (Wildman–Crippen MR) is 106 cm³/mol. The first-order valence-electron chi connectivity index (χ1n) is 8.20. The zero-order valence-corrected chi connectivity index (χ0v) is 16.9. The first-order valence-corrected chi connectivity index (χ1v) is 8.20. The standard InChI is InChI=1S/C17H27N3O4.2ClH/c1-22-15-4-3-13(11-16(15)23-2)14(12-19-17(21)5-6-18)20-7-9-24-10-8-20;;/h3-4,11,14H,5-10,12,18H2,1-2H3,(H,19,21);2*1H. The van der Waals surface area contributed by atoms with Crippen LogP contribution in [0.1, 0.15) is 18.0 Å². The molecule has 0 aromatic heterocycles. The average Bonchev–Trinajstić information content (AvgIpc) is 2.62. The van der Waals surface area contributed by atoms with E-state index < -0.39 is 0 Å². The second-order valence-corrected chi connectivity index (χ2v) is 5.62. The minimum Gasteiger partial charge on any atom is -0.493 e. The van der Waals surface area contributed by atoms with Crippen molar-refractivity contribution in [2.24, 2.45) is 5.73 Å². The summed E-state index contributed by atoms with van der Waals surface area (Å²) in [7, 11) is 3.23. The minimum atomic E-state index is -0.0313. The molecule has 3 N–H and O–H groups in total. The summed E-state index contributed by atoms with van der Waals surface area (Å²) in [5.74, 6) is 1.34. The second kappa shape index (κ2) is 13.0. The summed E-state index contributed by atoms with van der Waals surface area (Å²) >= 11 is 0. The van der Waals surface area contributed by atoms with Crippen LogP contribution in [-0.4, -0.2) is 64.4 Å². The van der Waals surface area contributed by atoms with Gasteiger partial charge in [0.15, 0.2) is 11.5 Å². The van der Waals surface area contributed by atoms with Crippen LogP contribution in [0.3, 0.4) is 0 Å². The lowest BCUT2D eigenvalue weighted by atomic mass is 10.0. The van der Waals surface area contributed by atoms with Crippen LogP contribution in [0.5, 0.6) is 11.5 Å². The lowest BCUT2D eigenvalue weighted by Gasteiger charge is -2.35. The SMILES string of the molecule is COc1ccc(C(CNC(=O)CCN)N2CCOCC2)cc1OC.Cl.Cl. The third-order valence-corrected chi connectivity index (χ3v) is 4.14. The molecule has 1 aliphatic heterocycles. The van der Waals surface area contributed by atoms with Gasteiger partial charge in [-0.3, -0.25) is 9.69 Å². The van der Waals surface area contributed by atoms with Crippen molar-refractivity contribution in [2.45, 2.75) is 12.5 Å². The van der Waals surface area contributed by atoms with Crippen molar-refractivity contribution in [1.29, 1.82) is 0 Å². The van der Waals surface area contributed by atoms with Crippen LogP contribution in [0.4, 0.5) is 0 Å². The molecule has 26 heavy (non-hydrogen) atoms. The molecule has 0 radical (unpaired) electrons. The summed E-state index contributed by atoms with van der Waals surface area (Å²) in [6.45, 7) is 3.91. The molecular weight excluding hydrogens is 381 g/mol. The number of benzene rings is 1. The van der Waals surface area contributed by atoms with E-state index in [1.54, 1.807) is 14.2 Å². The highest BCUT2D eigenvalue weighted by atomic mass is 35.5. The molecular formula is C17H29Cl2N3O4. The Morgan fingerprint density at radius 1 is 1.23 bits per heavy atom. The van der Waals surface area contributed by atoms with Crippen molar-refractivity contribution in [2.75, 3.05) is 53.6 Å². The summed E-state index contributed by atoms with van der Waals surface area (Å²) < 4.78 is 16.2. The van der Waals surface area contributed by atoms with Crippen molar-refractivity contribution >= 4 is 30.7 Å². The normalized spacial score (nSPS) is 15.2. The maximum absolute atomic E-state index is 11.8. The van der Waals surface area contributed by atoms with Crippen molar-refractivity contribution in [3.63, 3.8) is 0 Å². The van der Waals surface area contributed by atoms with Gasteiger partial charge in [0.05, 0.1) is 33.5 Å². The lowest BCUT2D eigenvalue weighted by Crippen LogP contribution is -2.44. The summed E-state index contributed by atoms with van der Waals surface area (Å²) in [4.78, 5) is 14.1. The second-order valence-electron chi connectivity index (χ2n) is 5.62. The van der Waals surface area contributed by atoms with Crippen molar-refractivity contribution in [1.82, 2.24) is 10.2 Å². The highest BCUT2D eigenvalue weighted by Crippen LogP contribution is 2.32. The molecule has 1 aromatic carbocycles. The van der Waals surface area contributed by atoms with E-state index in [-0.39, 0.29) is 36.8 Å². The number of morpholine rings is 1. The van der Waals surface area contributed by atoms with Crippen LogP contribution in [0.25, 0.3) is 0 Å². The summed E-state index contributed by atoms with van der Waals surface area (Å²) in [6, 6.07) is 5.92. The number of hydrogen-bond donors (Lipinski definition) is 2. The van der Waals surface area contributed by atoms with Gasteiger partial charge >= 0.3 is 0 Å². The molecule has 9 heteroatoms. The molecule has 2 rings (SSSR count). The maximum atomic E-state index is 11.8. The number of nitrogens with zero attached hydrogens (tertiary/aromatic N) is 1. The van der Waals surface area contributed by atoms with E-state index >= 15 is 0 Å². The van der Waals surface area contributed by atoms with E-state index in [1.165, 1.54) is 0 Å². The van der Waals surface area contributed by atoms with Crippen LogP contribution < -0.4 is 20.5 Å². The number of rotatable bonds is 8. The molecule has 0 bridgehead atoms. The maximum Gasteiger partial charge on any atom is 0.221 e. The minimum absolute atomic E-state index is 0. The highest BCUT2D eigenvalue weighted by Gasteiger charge is 2.24. The smallest absolute Gasteiger partial charge is 0.221 e. The van der Waals surface area contributed by atoms with Gasteiger partial charge in [0.1, 0.15) is 0 Å². The van der Waals surface area contributed by atoms with Gasteiger partial charge in [0, 0.05) is 32.6 Å².